The molecule has 0 saturated heterocycles. The third kappa shape index (κ3) is 1.69. The van der Waals surface area contributed by atoms with Crippen LogP contribution in [0.3, 0.4) is 0 Å². The van der Waals surface area contributed by atoms with Crippen molar-refractivity contribution >= 4 is 23.1 Å². The van der Waals surface area contributed by atoms with Crippen LogP contribution in [0.25, 0.3) is 10.9 Å². The van der Waals surface area contributed by atoms with Gasteiger partial charge in [0.1, 0.15) is 6.29 Å². The maximum atomic E-state index is 11.1. The molecule has 4 nitrogen and oxygen atoms in total. The number of fused-ring (bicyclic) bond motifs is 1. The third-order valence-corrected chi connectivity index (χ3v) is 2.60. The molecule has 0 unspecified atom stereocenters. The van der Waals surface area contributed by atoms with E-state index in [0.717, 1.165) is 22.8 Å². The summed E-state index contributed by atoms with van der Waals surface area (Å²) in [4.78, 5) is 24.5. The van der Waals surface area contributed by atoms with Gasteiger partial charge in [0.2, 0.25) is 0 Å². The molecule has 0 aliphatic heterocycles. The third-order valence-electron chi connectivity index (χ3n) is 2.60. The number of para-hydroxylation sites is 1. The van der Waals surface area contributed by atoms with E-state index >= 15 is 0 Å². The number of carbonyl (C=O) groups excluding carboxylic acids is 2. The number of primary amides is 1. The number of H-pyrrole nitrogens is 1. The summed E-state index contributed by atoms with van der Waals surface area (Å²) in [6.07, 6.45) is 3.64. The predicted octanol–water partition coefficient (Wildman–Crippen LogP) is 1.40. The molecule has 0 radical (unpaired) electrons. The van der Waals surface area contributed by atoms with E-state index in [1.54, 1.807) is 6.20 Å². The van der Waals surface area contributed by atoms with Crippen molar-refractivity contribution in [1.82, 2.24) is 4.98 Å². The first-order valence-electron chi connectivity index (χ1n) is 5.06. The molecule has 0 aliphatic rings. The molecule has 1 amide bonds. The maximum Gasteiger partial charge on any atom is 0.250 e. The van der Waals surface area contributed by atoms with Crippen LogP contribution in [0, 0.1) is 0 Å². The minimum absolute atomic E-state index is 0.446. The summed E-state index contributed by atoms with van der Waals surface area (Å²) in [6.45, 7) is 0. The lowest BCUT2D eigenvalue weighted by atomic mass is 10.1. The quantitative estimate of drug-likeness (QED) is 0.758. The average Bonchev–Trinajstić information content (AvgIpc) is 2.70. The highest BCUT2D eigenvalue weighted by atomic mass is 16.1. The summed E-state index contributed by atoms with van der Waals surface area (Å²) in [7, 11) is 0. The lowest BCUT2D eigenvalue weighted by Gasteiger charge is -2.00. The van der Waals surface area contributed by atoms with E-state index in [0.29, 0.717) is 18.4 Å². The fourth-order valence-electron chi connectivity index (χ4n) is 1.84. The molecule has 1 aromatic heterocycles. The Morgan fingerprint density at radius 1 is 1.44 bits per heavy atom. The van der Waals surface area contributed by atoms with Crippen LogP contribution in [0.1, 0.15) is 22.3 Å². The van der Waals surface area contributed by atoms with Crippen molar-refractivity contribution in [2.45, 2.75) is 12.8 Å². The van der Waals surface area contributed by atoms with Crippen LogP contribution >= 0.6 is 0 Å². The molecule has 0 spiro atoms. The zero-order valence-corrected chi connectivity index (χ0v) is 8.69. The highest BCUT2D eigenvalue weighted by Crippen LogP contribution is 2.22. The standard InChI is InChI=1S/C12H12N2O2/c13-12(16)10-7-14-11-8(4-2-6-15)3-1-5-9(10)11/h1,3,5-7,14H,2,4H2,(H2,13,16). The number of nitrogens with one attached hydrogen (secondary N) is 1. The minimum Gasteiger partial charge on any atom is -0.366 e. The molecule has 3 N–H and O–H groups in total. The Bertz CT molecular complexity index is 543. The zero-order chi connectivity index (χ0) is 11.5. The Balaban J connectivity index is 2.52. The van der Waals surface area contributed by atoms with Crippen LogP contribution in [0.15, 0.2) is 24.4 Å². The SMILES string of the molecule is NC(=O)c1c[nH]c2c(CCC=O)cccc12. The molecule has 4 heteroatoms. The second-order valence-corrected chi connectivity index (χ2v) is 3.61. The summed E-state index contributed by atoms with van der Waals surface area (Å²) < 4.78 is 0. The number of benzene rings is 1. The Morgan fingerprint density at radius 3 is 2.94 bits per heavy atom. The van der Waals surface area contributed by atoms with Gasteiger partial charge in [0.05, 0.1) is 5.56 Å². The van der Waals surface area contributed by atoms with Crippen molar-refractivity contribution in [2.75, 3.05) is 0 Å². The maximum absolute atomic E-state index is 11.1. The van der Waals surface area contributed by atoms with Gasteiger partial charge in [-0.1, -0.05) is 18.2 Å². The number of hydrogen-bond donors (Lipinski definition) is 2. The fourth-order valence-corrected chi connectivity index (χ4v) is 1.84. The summed E-state index contributed by atoms with van der Waals surface area (Å²) in [5, 5.41) is 0.816. The van der Waals surface area contributed by atoms with Gasteiger partial charge in [0, 0.05) is 23.5 Å². The van der Waals surface area contributed by atoms with Gasteiger partial charge in [0.25, 0.3) is 5.91 Å². The smallest absolute Gasteiger partial charge is 0.250 e. The predicted molar refractivity (Wildman–Crippen MR) is 61.2 cm³/mol. The van der Waals surface area contributed by atoms with Crippen molar-refractivity contribution in [3.8, 4) is 0 Å². The summed E-state index contributed by atoms with van der Waals surface area (Å²) in [5.74, 6) is -0.446. The number of nitrogens with two attached hydrogens (primary N) is 1. The molecule has 82 valence electrons. The normalized spacial score (nSPS) is 10.5. The van der Waals surface area contributed by atoms with Crippen LogP contribution < -0.4 is 5.73 Å². The number of aldehydes is 1. The van der Waals surface area contributed by atoms with E-state index in [-0.39, 0.29) is 0 Å². The van der Waals surface area contributed by atoms with Crippen LogP contribution in [-0.2, 0) is 11.2 Å². The van der Waals surface area contributed by atoms with Crippen molar-refractivity contribution in [3.05, 3.63) is 35.5 Å². The van der Waals surface area contributed by atoms with Crippen LogP contribution in [-0.4, -0.2) is 17.2 Å². The van der Waals surface area contributed by atoms with Crippen molar-refractivity contribution < 1.29 is 9.59 Å². The summed E-state index contributed by atoms with van der Waals surface area (Å²) >= 11 is 0. The van der Waals surface area contributed by atoms with Gasteiger partial charge >= 0.3 is 0 Å². The zero-order valence-electron chi connectivity index (χ0n) is 8.69. The number of aromatic amines is 1. The van der Waals surface area contributed by atoms with Crippen LogP contribution in [0.5, 0.6) is 0 Å². The molecule has 16 heavy (non-hydrogen) atoms. The first-order chi connectivity index (χ1) is 7.74. The van der Waals surface area contributed by atoms with E-state index in [1.165, 1.54) is 0 Å². The number of hydrogen-bond acceptors (Lipinski definition) is 2. The van der Waals surface area contributed by atoms with E-state index in [1.807, 2.05) is 18.2 Å². The Morgan fingerprint density at radius 2 is 2.25 bits per heavy atom. The minimum atomic E-state index is -0.446. The molecular formula is C12H12N2O2. The number of aryl methyl sites for hydroxylation is 1. The van der Waals surface area contributed by atoms with Gasteiger partial charge in [-0.15, -0.1) is 0 Å². The van der Waals surface area contributed by atoms with E-state index < -0.39 is 5.91 Å². The average molecular weight is 216 g/mol. The molecule has 0 fully saturated rings. The number of rotatable bonds is 4. The van der Waals surface area contributed by atoms with Gasteiger partial charge in [-0.2, -0.15) is 0 Å². The van der Waals surface area contributed by atoms with Gasteiger partial charge in [-0.05, 0) is 12.0 Å². The summed E-state index contributed by atoms with van der Waals surface area (Å²) in [6, 6.07) is 5.65. The molecule has 1 heterocycles. The number of amides is 1. The first-order valence-corrected chi connectivity index (χ1v) is 5.06. The van der Waals surface area contributed by atoms with Gasteiger partial charge in [-0.3, -0.25) is 4.79 Å². The highest BCUT2D eigenvalue weighted by molar-refractivity contribution is 6.06. The monoisotopic (exact) mass is 216 g/mol. The van der Waals surface area contributed by atoms with E-state index in [2.05, 4.69) is 4.98 Å². The molecule has 1 aromatic carbocycles. The second kappa shape index (κ2) is 4.18. The van der Waals surface area contributed by atoms with Crippen molar-refractivity contribution in [2.24, 2.45) is 5.73 Å². The molecule has 0 bridgehead atoms. The summed E-state index contributed by atoms with van der Waals surface area (Å²) in [5.41, 5.74) is 7.66. The molecule has 2 aromatic rings. The second-order valence-electron chi connectivity index (χ2n) is 3.61. The fraction of sp³-hybridized carbons (Fsp3) is 0.167. The highest BCUT2D eigenvalue weighted by Gasteiger charge is 2.10. The molecule has 2 rings (SSSR count). The Hall–Kier alpha value is -2.10. The lowest BCUT2D eigenvalue weighted by Crippen LogP contribution is -2.09. The topological polar surface area (TPSA) is 76.0 Å². The van der Waals surface area contributed by atoms with E-state index in [4.69, 9.17) is 5.73 Å². The lowest BCUT2D eigenvalue weighted by molar-refractivity contribution is -0.107. The largest absolute Gasteiger partial charge is 0.366 e. The molecule has 0 aliphatic carbocycles. The van der Waals surface area contributed by atoms with Crippen molar-refractivity contribution in [1.29, 1.82) is 0 Å². The van der Waals surface area contributed by atoms with Crippen LogP contribution in [0.2, 0.25) is 0 Å². The van der Waals surface area contributed by atoms with Gasteiger partial charge in [0.15, 0.2) is 0 Å². The number of aromatic nitrogens is 1. The Kier molecular flexibility index (Phi) is 2.72. The molecule has 0 atom stereocenters. The van der Waals surface area contributed by atoms with Gasteiger partial charge in [-0.25, -0.2) is 0 Å². The van der Waals surface area contributed by atoms with Crippen LogP contribution in [0.4, 0.5) is 0 Å². The Labute approximate surface area is 92.4 Å². The molecule has 0 saturated carbocycles. The van der Waals surface area contributed by atoms with E-state index in [9.17, 15) is 9.59 Å². The first kappa shape index (κ1) is 10.4. The van der Waals surface area contributed by atoms with Gasteiger partial charge < -0.3 is 15.5 Å². The van der Waals surface area contributed by atoms with Crippen molar-refractivity contribution in [3.63, 3.8) is 0 Å². The number of carbonyl (C=O) groups is 2. The molecular weight excluding hydrogens is 204 g/mol.